The summed E-state index contributed by atoms with van der Waals surface area (Å²) in [6, 6.07) is 11.2. The van der Waals surface area contributed by atoms with E-state index in [0.717, 1.165) is 26.7 Å². The van der Waals surface area contributed by atoms with Gasteiger partial charge in [-0.2, -0.15) is 0 Å². The van der Waals surface area contributed by atoms with E-state index in [2.05, 4.69) is 0 Å². The van der Waals surface area contributed by atoms with E-state index in [1.54, 1.807) is 7.11 Å². The average Bonchev–Trinajstić information content (AvgIpc) is 2.40. The predicted octanol–water partition coefficient (Wildman–Crippen LogP) is 3.42. The van der Waals surface area contributed by atoms with E-state index >= 15 is 0 Å². The minimum atomic E-state index is -1.15. The first kappa shape index (κ1) is 11.8. The van der Waals surface area contributed by atoms with Gasteiger partial charge in [-0.15, -0.1) is 0 Å². The molecule has 0 aromatic heterocycles. The van der Waals surface area contributed by atoms with Gasteiger partial charge in [0.1, 0.15) is 5.75 Å². The van der Waals surface area contributed by atoms with E-state index in [1.165, 1.54) is 0 Å². The van der Waals surface area contributed by atoms with Gasteiger partial charge in [-0.25, -0.2) is 4.21 Å². The Kier molecular flexibility index (Phi) is 2.88. The molecule has 3 rings (SSSR count). The maximum Gasteiger partial charge on any atom is 0.119 e. The lowest BCUT2D eigenvalue weighted by Crippen LogP contribution is -2.09. The molecule has 18 heavy (non-hydrogen) atoms. The Morgan fingerprint density at radius 1 is 1.22 bits per heavy atom. The van der Waals surface area contributed by atoms with Crippen molar-refractivity contribution in [3.63, 3.8) is 0 Å². The van der Waals surface area contributed by atoms with E-state index < -0.39 is 10.8 Å². The molecule has 2 nitrogen and oxygen atoms in total. The quantitative estimate of drug-likeness (QED) is 0.682. The number of hydrogen-bond acceptors (Lipinski definition) is 2. The van der Waals surface area contributed by atoms with E-state index in [9.17, 15) is 4.21 Å². The normalized spacial score (nSPS) is 16.9. The highest BCUT2D eigenvalue weighted by atomic mass is 35.5. The summed E-state index contributed by atoms with van der Waals surface area (Å²) >= 11 is 6.18. The Bertz CT molecular complexity index is 652. The maximum atomic E-state index is 12.5. The van der Waals surface area contributed by atoms with Crippen LogP contribution in [0.25, 0.3) is 0 Å². The largest absolute Gasteiger partial charge is 0.497 e. The first-order chi connectivity index (χ1) is 8.70. The lowest BCUT2D eigenvalue weighted by atomic mass is 10.0. The van der Waals surface area contributed by atoms with Crippen molar-refractivity contribution in [2.45, 2.75) is 16.2 Å². The molecule has 0 saturated carbocycles. The van der Waals surface area contributed by atoms with Gasteiger partial charge in [0, 0.05) is 21.2 Å². The van der Waals surface area contributed by atoms with Gasteiger partial charge in [0.15, 0.2) is 0 Å². The molecular formula is C14H11ClO2S. The van der Waals surface area contributed by atoms with Gasteiger partial charge in [-0.1, -0.05) is 17.7 Å². The fourth-order valence-electron chi connectivity index (χ4n) is 2.19. The summed E-state index contributed by atoms with van der Waals surface area (Å²) in [6.07, 6.45) is 0.702. The molecule has 92 valence electrons. The summed E-state index contributed by atoms with van der Waals surface area (Å²) in [6.45, 7) is 0. The van der Waals surface area contributed by atoms with Gasteiger partial charge in [0.2, 0.25) is 0 Å². The molecule has 0 bridgehead atoms. The zero-order valence-electron chi connectivity index (χ0n) is 9.77. The number of fused-ring (bicyclic) bond motifs is 2. The summed E-state index contributed by atoms with van der Waals surface area (Å²) in [5.74, 6) is 0.779. The van der Waals surface area contributed by atoms with Crippen LogP contribution >= 0.6 is 11.6 Å². The van der Waals surface area contributed by atoms with E-state index in [4.69, 9.17) is 16.3 Å². The molecule has 0 N–H and O–H groups in total. The van der Waals surface area contributed by atoms with Gasteiger partial charge in [-0.05, 0) is 41.5 Å². The Labute approximate surface area is 113 Å². The number of methoxy groups -OCH3 is 1. The topological polar surface area (TPSA) is 26.3 Å². The van der Waals surface area contributed by atoms with Crippen molar-refractivity contribution in [1.82, 2.24) is 0 Å². The van der Waals surface area contributed by atoms with E-state index in [1.807, 2.05) is 36.4 Å². The summed E-state index contributed by atoms with van der Waals surface area (Å²) in [7, 11) is 0.477. The second-order valence-electron chi connectivity index (χ2n) is 4.14. The molecule has 0 fully saturated rings. The molecule has 1 unspecified atom stereocenters. The van der Waals surface area contributed by atoms with Crippen LogP contribution in [0.15, 0.2) is 46.2 Å². The highest BCUT2D eigenvalue weighted by molar-refractivity contribution is 7.85. The molecule has 1 aliphatic rings. The third-order valence-corrected chi connectivity index (χ3v) is 5.04. The molecule has 0 saturated heterocycles. The smallest absolute Gasteiger partial charge is 0.119 e. The monoisotopic (exact) mass is 278 g/mol. The second kappa shape index (κ2) is 4.41. The van der Waals surface area contributed by atoms with E-state index in [-0.39, 0.29) is 0 Å². The number of rotatable bonds is 1. The molecule has 0 spiro atoms. The fourth-order valence-corrected chi connectivity index (χ4v) is 3.90. The molecule has 0 radical (unpaired) electrons. The van der Waals surface area contributed by atoms with Crippen molar-refractivity contribution < 1.29 is 8.95 Å². The lowest BCUT2D eigenvalue weighted by Gasteiger charge is -2.20. The summed E-state index contributed by atoms with van der Waals surface area (Å²) in [5, 5.41) is 0.675. The highest BCUT2D eigenvalue weighted by Gasteiger charge is 2.23. The van der Waals surface area contributed by atoms with Gasteiger partial charge in [0.25, 0.3) is 0 Å². The van der Waals surface area contributed by atoms with Crippen LogP contribution in [0.4, 0.5) is 0 Å². The Balaban J connectivity index is 2.19. The molecule has 1 heterocycles. The van der Waals surface area contributed by atoms with Gasteiger partial charge in [0.05, 0.1) is 17.9 Å². The minimum absolute atomic E-state index is 0.675. The lowest BCUT2D eigenvalue weighted by molar-refractivity contribution is 0.414. The molecule has 2 aromatic carbocycles. The Morgan fingerprint density at radius 2 is 2.06 bits per heavy atom. The summed E-state index contributed by atoms with van der Waals surface area (Å²) in [5.41, 5.74) is 1.98. The van der Waals surface area contributed by atoms with Crippen LogP contribution in [0, 0.1) is 0 Å². The zero-order chi connectivity index (χ0) is 12.7. The third kappa shape index (κ3) is 1.74. The first-order valence-electron chi connectivity index (χ1n) is 5.57. The minimum Gasteiger partial charge on any atom is -0.497 e. The Hall–Kier alpha value is -1.32. The molecule has 4 heteroatoms. The number of hydrogen-bond donors (Lipinski definition) is 0. The summed E-state index contributed by atoms with van der Waals surface area (Å²) < 4.78 is 17.7. The highest BCUT2D eigenvalue weighted by Crippen LogP contribution is 2.36. The molecular weight excluding hydrogens is 268 g/mol. The van der Waals surface area contributed by atoms with Crippen LogP contribution < -0.4 is 4.74 Å². The van der Waals surface area contributed by atoms with Gasteiger partial charge < -0.3 is 4.74 Å². The molecule has 1 aliphatic heterocycles. The van der Waals surface area contributed by atoms with Crippen LogP contribution in [0.3, 0.4) is 0 Å². The average molecular weight is 279 g/mol. The van der Waals surface area contributed by atoms with Crippen LogP contribution in [-0.2, 0) is 17.2 Å². The van der Waals surface area contributed by atoms with Crippen LogP contribution in [0.5, 0.6) is 5.75 Å². The molecule has 0 aliphatic carbocycles. The third-order valence-electron chi connectivity index (χ3n) is 3.11. The molecule has 2 aromatic rings. The Morgan fingerprint density at radius 3 is 2.83 bits per heavy atom. The maximum absolute atomic E-state index is 12.5. The van der Waals surface area contributed by atoms with Crippen LogP contribution in [0.2, 0.25) is 5.02 Å². The van der Waals surface area contributed by atoms with E-state index in [0.29, 0.717) is 11.4 Å². The molecule has 0 amide bonds. The van der Waals surface area contributed by atoms with Gasteiger partial charge in [-0.3, -0.25) is 0 Å². The SMILES string of the molecule is COc1ccc2c(c1)Cc1c(Cl)cccc1S2=O. The second-order valence-corrected chi connectivity index (χ2v) is 5.96. The van der Waals surface area contributed by atoms with Crippen molar-refractivity contribution >= 4 is 22.4 Å². The van der Waals surface area contributed by atoms with Crippen molar-refractivity contribution in [3.8, 4) is 5.75 Å². The zero-order valence-corrected chi connectivity index (χ0v) is 11.3. The van der Waals surface area contributed by atoms with Crippen molar-refractivity contribution in [2.24, 2.45) is 0 Å². The van der Waals surface area contributed by atoms with Crippen LogP contribution in [-0.4, -0.2) is 11.3 Å². The van der Waals surface area contributed by atoms with Crippen molar-refractivity contribution in [3.05, 3.63) is 52.5 Å². The van der Waals surface area contributed by atoms with Crippen molar-refractivity contribution in [2.75, 3.05) is 7.11 Å². The number of benzene rings is 2. The van der Waals surface area contributed by atoms with Crippen LogP contribution in [0.1, 0.15) is 11.1 Å². The first-order valence-corrected chi connectivity index (χ1v) is 7.09. The number of ether oxygens (including phenoxy) is 1. The molecule has 1 atom stereocenters. The predicted molar refractivity (Wildman–Crippen MR) is 71.9 cm³/mol. The summed E-state index contributed by atoms with van der Waals surface area (Å²) in [4.78, 5) is 1.67. The van der Waals surface area contributed by atoms with Crippen molar-refractivity contribution in [1.29, 1.82) is 0 Å². The number of halogens is 1. The fraction of sp³-hybridized carbons (Fsp3) is 0.143. The van der Waals surface area contributed by atoms with Gasteiger partial charge >= 0.3 is 0 Å². The standard InChI is InChI=1S/C14H11ClO2S/c1-17-10-5-6-13-9(7-10)8-11-12(15)3-2-4-14(11)18(13)16/h2-7H,8H2,1H3.